The molecule has 0 heterocycles. The third-order valence-electron chi connectivity index (χ3n) is 2.73. The van der Waals surface area contributed by atoms with Crippen LogP contribution in [0.1, 0.15) is 20.3 Å². The van der Waals surface area contributed by atoms with E-state index in [1.165, 1.54) is 0 Å². The summed E-state index contributed by atoms with van der Waals surface area (Å²) in [7, 11) is 1.59. The third kappa shape index (κ3) is 5.23. The van der Waals surface area contributed by atoms with E-state index in [1.54, 1.807) is 14.0 Å². The van der Waals surface area contributed by atoms with Gasteiger partial charge in [-0.3, -0.25) is 0 Å². The molecule has 0 saturated heterocycles. The first-order valence-electron chi connectivity index (χ1n) is 5.73. The molecule has 0 aliphatic rings. The summed E-state index contributed by atoms with van der Waals surface area (Å²) in [5, 5.41) is 19.1. The van der Waals surface area contributed by atoms with Gasteiger partial charge in [-0.05, 0) is 13.3 Å². The Bertz CT molecular complexity index is 166. The minimum Gasteiger partial charge on any atom is -0.394 e. The third-order valence-corrected chi connectivity index (χ3v) is 2.73. The van der Waals surface area contributed by atoms with Crippen LogP contribution in [0.3, 0.4) is 0 Å². The molecule has 5 nitrogen and oxygen atoms in total. The Hall–Kier alpha value is -0.200. The predicted octanol–water partition coefficient (Wildman–Crippen LogP) is -0.255. The highest BCUT2D eigenvalue weighted by atomic mass is 16.5. The molecule has 4 N–H and O–H groups in total. The number of hydrogen-bond acceptors (Lipinski definition) is 5. The van der Waals surface area contributed by atoms with Gasteiger partial charge >= 0.3 is 0 Å². The molecule has 0 amide bonds. The zero-order valence-electron chi connectivity index (χ0n) is 10.4. The summed E-state index contributed by atoms with van der Waals surface area (Å²) in [4.78, 5) is 0. The van der Waals surface area contributed by atoms with Crippen molar-refractivity contribution in [2.75, 3.05) is 26.9 Å². The van der Waals surface area contributed by atoms with Crippen molar-refractivity contribution in [1.82, 2.24) is 0 Å². The van der Waals surface area contributed by atoms with Gasteiger partial charge in [0.1, 0.15) is 0 Å². The van der Waals surface area contributed by atoms with E-state index in [1.807, 2.05) is 6.92 Å². The van der Waals surface area contributed by atoms with Crippen LogP contribution in [-0.4, -0.2) is 55.4 Å². The van der Waals surface area contributed by atoms with Crippen LogP contribution in [0.4, 0.5) is 0 Å². The average Bonchev–Trinajstić information content (AvgIpc) is 2.27. The topological polar surface area (TPSA) is 84.9 Å². The summed E-state index contributed by atoms with van der Waals surface area (Å²) < 4.78 is 10.3. The molecule has 4 atom stereocenters. The Labute approximate surface area is 97.5 Å². The number of aliphatic hydroxyl groups excluding tert-OH is 2. The first kappa shape index (κ1) is 15.8. The molecule has 0 fully saturated rings. The standard InChI is InChI=1S/C11H25NO4/c1-4-9(11(14)8(2)12)10(7-13)16-6-5-15-3/h8-11,13-14H,4-7,12H2,1-3H3. The van der Waals surface area contributed by atoms with E-state index in [0.29, 0.717) is 19.6 Å². The van der Waals surface area contributed by atoms with Gasteiger partial charge in [-0.15, -0.1) is 0 Å². The van der Waals surface area contributed by atoms with Crippen LogP contribution in [0.2, 0.25) is 0 Å². The molecule has 0 bridgehead atoms. The second kappa shape index (κ2) is 8.90. The van der Waals surface area contributed by atoms with Gasteiger partial charge in [-0.2, -0.15) is 0 Å². The second-order valence-corrected chi connectivity index (χ2v) is 4.01. The van der Waals surface area contributed by atoms with E-state index in [2.05, 4.69) is 0 Å². The van der Waals surface area contributed by atoms with Crippen molar-refractivity contribution in [2.24, 2.45) is 11.7 Å². The van der Waals surface area contributed by atoms with Crippen molar-refractivity contribution in [2.45, 2.75) is 38.5 Å². The Morgan fingerprint density at radius 1 is 1.31 bits per heavy atom. The Kier molecular flexibility index (Phi) is 8.78. The Morgan fingerprint density at radius 3 is 2.31 bits per heavy atom. The number of aliphatic hydroxyl groups is 2. The highest BCUT2D eigenvalue weighted by molar-refractivity contribution is 4.81. The van der Waals surface area contributed by atoms with Crippen LogP contribution >= 0.6 is 0 Å². The van der Waals surface area contributed by atoms with E-state index in [-0.39, 0.29) is 24.7 Å². The fourth-order valence-corrected chi connectivity index (χ4v) is 1.71. The number of rotatable bonds is 9. The fraction of sp³-hybridized carbons (Fsp3) is 1.00. The van der Waals surface area contributed by atoms with Crippen molar-refractivity contribution in [3.8, 4) is 0 Å². The molecule has 0 aromatic rings. The van der Waals surface area contributed by atoms with Gasteiger partial charge in [0.05, 0.1) is 32.0 Å². The molecule has 98 valence electrons. The van der Waals surface area contributed by atoms with E-state index in [9.17, 15) is 10.2 Å². The molecule has 0 saturated carbocycles. The maximum Gasteiger partial charge on any atom is 0.0860 e. The number of methoxy groups -OCH3 is 1. The lowest BCUT2D eigenvalue weighted by molar-refractivity contribution is -0.0771. The quantitative estimate of drug-likeness (QED) is 0.480. The summed E-state index contributed by atoms with van der Waals surface area (Å²) in [6, 6.07) is -0.329. The summed E-state index contributed by atoms with van der Waals surface area (Å²) in [5.41, 5.74) is 5.65. The zero-order valence-corrected chi connectivity index (χ0v) is 10.4. The minimum atomic E-state index is -0.662. The van der Waals surface area contributed by atoms with Crippen molar-refractivity contribution < 1.29 is 19.7 Å². The first-order valence-corrected chi connectivity index (χ1v) is 5.73. The lowest BCUT2D eigenvalue weighted by Gasteiger charge is -2.30. The lowest BCUT2D eigenvalue weighted by atomic mass is 9.89. The molecule has 0 rings (SSSR count). The first-order chi connectivity index (χ1) is 7.58. The van der Waals surface area contributed by atoms with Crippen molar-refractivity contribution in [3.63, 3.8) is 0 Å². The normalized spacial score (nSPS) is 19.1. The average molecular weight is 235 g/mol. The van der Waals surface area contributed by atoms with E-state index >= 15 is 0 Å². The predicted molar refractivity (Wildman–Crippen MR) is 62.1 cm³/mol. The van der Waals surface area contributed by atoms with Gasteiger partial charge in [0.2, 0.25) is 0 Å². The largest absolute Gasteiger partial charge is 0.394 e. The van der Waals surface area contributed by atoms with Crippen LogP contribution < -0.4 is 5.73 Å². The maximum absolute atomic E-state index is 9.90. The Morgan fingerprint density at radius 2 is 1.94 bits per heavy atom. The van der Waals surface area contributed by atoms with E-state index in [4.69, 9.17) is 15.2 Å². The smallest absolute Gasteiger partial charge is 0.0860 e. The number of ether oxygens (including phenoxy) is 2. The number of nitrogens with two attached hydrogens (primary N) is 1. The van der Waals surface area contributed by atoms with Gasteiger partial charge in [0.25, 0.3) is 0 Å². The molecule has 4 unspecified atom stereocenters. The molecule has 0 aliphatic heterocycles. The molecule has 0 spiro atoms. The highest BCUT2D eigenvalue weighted by Crippen LogP contribution is 2.18. The molecular weight excluding hydrogens is 210 g/mol. The summed E-state index contributed by atoms with van der Waals surface area (Å²) in [6.07, 6.45) is -0.341. The maximum atomic E-state index is 9.90. The van der Waals surface area contributed by atoms with Crippen LogP contribution in [0.25, 0.3) is 0 Å². The van der Waals surface area contributed by atoms with Crippen LogP contribution in [0.5, 0.6) is 0 Å². The van der Waals surface area contributed by atoms with E-state index < -0.39 is 6.10 Å². The van der Waals surface area contributed by atoms with Crippen LogP contribution in [0, 0.1) is 5.92 Å². The highest BCUT2D eigenvalue weighted by Gasteiger charge is 2.29. The summed E-state index contributed by atoms with van der Waals surface area (Å²) >= 11 is 0. The van der Waals surface area contributed by atoms with Crippen molar-refractivity contribution >= 4 is 0 Å². The molecule has 0 radical (unpaired) electrons. The minimum absolute atomic E-state index is 0.119. The van der Waals surface area contributed by atoms with Gasteiger partial charge in [0.15, 0.2) is 0 Å². The van der Waals surface area contributed by atoms with Gasteiger partial charge in [0, 0.05) is 19.1 Å². The fourth-order valence-electron chi connectivity index (χ4n) is 1.71. The molecule has 5 heteroatoms. The molecule has 0 aliphatic carbocycles. The van der Waals surface area contributed by atoms with Crippen LogP contribution in [0.15, 0.2) is 0 Å². The van der Waals surface area contributed by atoms with Gasteiger partial charge in [-0.25, -0.2) is 0 Å². The van der Waals surface area contributed by atoms with Gasteiger partial charge < -0.3 is 25.4 Å². The van der Waals surface area contributed by atoms with Crippen LogP contribution in [-0.2, 0) is 9.47 Å². The second-order valence-electron chi connectivity index (χ2n) is 4.01. The Balaban J connectivity index is 4.26. The van der Waals surface area contributed by atoms with Gasteiger partial charge in [-0.1, -0.05) is 6.92 Å². The van der Waals surface area contributed by atoms with E-state index in [0.717, 1.165) is 0 Å². The monoisotopic (exact) mass is 235 g/mol. The molecule has 16 heavy (non-hydrogen) atoms. The summed E-state index contributed by atoms with van der Waals surface area (Å²) in [6.45, 7) is 4.45. The SMILES string of the molecule is CCC(C(CO)OCCOC)C(O)C(C)N. The van der Waals surface area contributed by atoms with Crippen molar-refractivity contribution in [3.05, 3.63) is 0 Å². The number of hydrogen-bond donors (Lipinski definition) is 3. The summed E-state index contributed by atoms with van der Waals surface area (Å²) in [5.74, 6) is -0.151. The molecule has 0 aromatic carbocycles. The zero-order chi connectivity index (χ0) is 12.6. The molecule has 0 aromatic heterocycles. The lowest BCUT2D eigenvalue weighted by Crippen LogP contribution is -2.45. The molecular formula is C11H25NO4. The van der Waals surface area contributed by atoms with Crippen molar-refractivity contribution in [1.29, 1.82) is 0 Å².